The summed E-state index contributed by atoms with van der Waals surface area (Å²) in [4.78, 5) is 11.6. The van der Waals surface area contributed by atoms with Crippen LogP contribution in [0, 0.1) is 11.7 Å². The number of halogens is 1. The number of nitrogens with zero attached hydrogens (tertiary/aromatic N) is 1. The van der Waals surface area contributed by atoms with Crippen LogP contribution in [0.3, 0.4) is 0 Å². The fourth-order valence-electron chi connectivity index (χ4n) is 5.44. The van der Waals surface area contributed by atoms with Crippen molar-refractivity contribution in [2.45, 2.75) is 61.8 Å². The molecule has 0 bridgehead atoms. The number of carboxylic acids is 1. The average molecular weight is 589 g/mol. The van der Waals surface area contributed by atoms with Crippen molar-refractivity contribution in [3.05, 3.63) is 77.1 Å². The van der Waals surface area contributed by atoms with Gasteiger partial charge in [-0.25, -0.2) is 12.8 Å². The number of nitrogens with one attached hydrogen (secondary N) is 1. The van der Waals surface area contributed by atoms with E-state index in [1.807, 2.05) is 0 Å². The summed E-state index contributed by atoms with van der Waals surface area (Å²) >= 11 is 0.995. The highest BCUT2D eigenvalue weighted by atomic mass is 32.2. The Morgan fingerprint density at radius 2 is 1.82 bits per heavy atom. The zero-order chi connectivity index (χ0) is 29.1. The number of rotatable bonds is 13. The molecule has 216 valence electrons. The molecular weight excluding hydrogens is 551 g/mol. The molecule has 0 radical (unpaired) electrons. The van der Waals surface area contributed by atoms with Crippen molar-refractivity contribution in [1.29, 1.82) is 0 Å². The van der Waals surface area contributed by atoms with Gasteiger partial charge in [0, 0.05) is 37.0 Å². The maximum atomic E-state index is 14.0. The fourth-order valence-corrected chi connectivity index (χ4v) is 8.21. The molecule has 4 rings (SSSR count). The van der Waals surface area contributed by atoms with E-state index in [2.05, 4.69) is 43.4 Å². The summed E-state index contributed by atoms with van der Waals surface area (Å²) in [5.41, 5.74) is 3.69. The fraction of sp³-hybridized carbons (Fsp3) is 0.433. The van der Waals surface area contributed by atoms with Crippen LogP contribution < -0.4 is 5.32 Å². The first-order valence-corrected chi connectivity index (χ1v) is 15.7. The number of hydrogen-bond acceptors (Lipinski definition) is 6. The Morgan fingerprint density at radius 1 is 1.15 bits per heavy atom. The summed E-state index contributed by atoms with van der Waals surface area (Å²) in [6.07, 6.45) is 2.21. The number of sulfonamides is 1. The van der Waals surface area contributed by atoms with E-state index in [0.29, 0.717) is 21.9 Å². The standard InChI is InChI=1S/C30H37FN2O5S2/c1-30(2,17-20-14-22-6-4-5-7-23(22)15-20)32-18-25(34)19-33(3)40(37,38)29-13-11-27(39-29)26-16-24(31)10-8-21(26)9-12-28(35)36/h4-8,10-11,13,16,20,25,32,34H,9,12,14-15,17-19H2,1-3H3,(H,35,36)/t25-/m1/s1. The maximum Gasteiger partial charge on any atom is 0.303 e. The zero-order valence-electron chi connectivity index (χ0n) is 23.1. The van der Waals surface area contributed by atoms with Crippen molar-refractivity contribution in [2.75, 3.05) is 20.1 Å². The lowest BCUT2D eigenvalue weighted by molar-refractivity contribution is -0.136. The predicted octanol–water partition coefficient (Wildman–Crippen LogP) is 4.73. The molecule has 0 unspecified atom stereocenters. The lowest BCUT2D eigenvalue weighted by Gasteiger charge is -2.31. The highest BCUT2D eigenvalue weighted by Crippen LogP contribution is 2.35. The molecule has 0 amide bonds. The van der Waals surface area contributed by atoms with E-state index < -0.39 is 27.9 Å². The minimum atomic E-state index is -3.90. The summed E-state index contributed by atoms with van der Waals surface area (Å²) < 4.78 is 41.7. The number of carbonyl (C=O) groups is 1. The number of aryl methyl sites for hydroxylation is 1. The van der Waals surface area contributed by atoms with Gasteiger partial charge in [-0.15, -0.1) is 11.3 Å². The molecule has 2 aromatic carbocycles. The number of carboxylic acid groups (broad SMARTS) is 1. The number of hydrogen-bond donors (Lipinski definition) is 3. The second-order valence-corrected chi connectivity index (χ2v) is 14.6. The minimum Gasteiger partial charge on any atom is -0.481 e. The van der Waals surface area contributed by atoms with Crippen molar-refractivity contribution in [2.24, 2.45) is 5.92 Å². The molecule has 7 nitrogen and oxygen atoms in total. The summed E-state index contributed by atoms with van der Waals surface area (Å²) in [6.45, 7) is 4.37. The van der Waals surface area contributed by atoms with Gasteiger partial charge in [0.15, 0.2) is 0 Å². The minimum absolute atomic E-state index is 0.0692. The normalized spacial score (nSPS) is 14.9. The molecule has 1 aliphatic rings. The van der Waals surface area contributed by atoms with E-state index in [1.54, 1.807) is 6.07 Å². The van der Waals surface area contributed by atoms with Crippen molar-refractivity contribution < 1.29 is 27.8 Å². The number of aliphatic hydroxyl groups excluding tert-OH is 1. The van der Waals surface area contributed by atoms with Gasteiger partial charge < -0.3 is 15.5 Å². The number of fused-ring (bicyclic) bond motifs is 1. The molecule has 3 N–H and O–H groups in total. The monoisotopic (exact) mass is 588 g/mol. The average Bonchev–Trinajstić information content (AvgIpc) is 3.54. The van der Waals surface area contributed by atoms with E-state index in [1.165, 1.54) is 42.4 Å². The third kappa shape index (κ3) is 7.55. The third-order valence-corrected chi connectivity index (χ3v) is 10.8. The lowest BCUT2D eigenvalue weighted by atomic mass is 9.88. The van der Waals surface area contributed by atoms with Gasteiger partial charge >= 0.3 is 5.97 Å². The number of β-amino-alcohol motifs (C(OH)–C–C–N with tert-alkyl or cyclic N) is 1. The van der Waals surface area contributed by atoms with E-state index in [9.17, 15) is 22.7 Å². The van der Waals surface area contributed by atoms with E-state index >= 15 is 0 Å². The first kappa shape index (κ1) is 30.3. The van der Waals surface area contributed by atoms with Gasteiger partial charge in [-0.05, 0) is 92.0 Å². The second-order valence-electron chi connectivity index (χ2n) is 11.3. The van der Waals surface area contributed by atoms with Crippen LogP contribution in [-0.4, -0.2) is 60.7 Å². The van der Waals surface area contributed by atoms with Crippen molar-refractivity contribution in [1.82, 2.24) is 9.62 Å². The highest BCUT2D eigenvalue weighted by molar-refractivity contribution is 7.91. The van der Waals surface area contributed by atoms with Crippen molar-refractivity contribution >= 4 is 27.3 Å². The van der Waals surface area contributed by atoms with Crippen LogP contribution in [0.25, 0.3) is 10.4 Å². The lowest BCUT2D eigenvalue weighted by Crippen LogP contribution is -2.47. The summed E-state index contributed by atoms with van der Waals surface area (Å²) in [6, 6.07) is 15.7. The number of aliphatic hydroxyl groups is 1. The first-order valence-electron chi connectivity index (χ1n) is 13.4. The molecule has 10 heteroatoms. The van der Waals surface area contributed by atoms with Gasteiger partial charge in [0.25, 0.3) is 10.0 Å². The summed E-state index contributed by atoms with van der Waals surface area (Å²) in [5, 5.41) is 23.1. The van der Waals surface area contributed by atoms with Crippen LogP contribution in [0.2, 0.25) is 0 Å². The molecule has 40 heavy (non-hydrogen) atoms. The Bertz CT molecular complexity index is 1430. The Kier molecular flexibility index (Phi) is 9.47. The predicted molar refractivity (Wildman–Crippen MR) is 156 cm³/mol. The molecule has 0 saturated heterocycles. The summed E-state index contributed by atoms with van der Waals surface area (Å²) in [5.74, 6) is -0.928. The van der Waals surface area contributed by atoms with Gasteiger partial charge in [-0.3, -0.25) is 4.79 Å². The molecule has 1 aliphatic carbocycles. The Hall–Kier alpha value is -2.63. The van der Waals surface area contributed by atoms with Gasteiger partial charge in [-0.2, -0.15) is 4.31 Å². The zero-order valence-corrected chi connectivity index (χ0v) is 24.7. The second kappa shape index (κ2) is 12.5. The first-order chi connectivity index (χ1) is 18.8. The van der Waals surface area contributed by atoms with Crippen LogP contribution in [0.4, 0.5) is 4.39 Å². The molecular formula is C30H37FN2O5S2. The van der Waals surface area contributed by atoms with Gasteiger partial charge in [-0.1, -0.05) is 30.3 Å². The van der Waals surface area contributed by atoms with Crippen LogP contribution in [0.15, 0.2) is 58.8 Å². The van der Waals surface area contributed by atoms with Gasteiger partial charge in [0.1, 0.15) is 10.0 Å². The maximum absolute atomic E-state index is 14.0. The van der Waals surface area contributed by atoms with Crippen LogP contribution in [-0.2, 0) is 34.1 Å². The number of benzene rings is 2. The molecule has 1 aromatic heterocycles. The number of thiophene rings is 1. The third-order valence-electron chi connectivity index (χ3n) is 7.41. The van der Waals surface area contributed by atoms with Crippen LogP contribution in [0.1, 0.15) is 43.4 Å². The molecule has 0 spiro atoms. The molecule has 0 aliphatic heterocycles. The Morgan fingerprint density at radius 3 is 2.48 bits per heavy atom. The summed E-state index contributed by atoms with van der Waals surface area (Å²) in [7, 11) is -2.47. The molecule has 3 aromatic rings. The quantitative estimate of drug-likeness (QED) is 0.267. The molecule has 1 heterocycles. The SMILES string of the molecule is CN(C[C@H](O)CNC(C)(C)CC1Cc2ccccc2C1)S(=O)(=O)c1ccc(-c2cc(F)ccc2CCC(=O)O)s1. The van der Waals surface area contributed by atoms with E-state index in [-0.39, 0.29) is 35.7 Å². The number of aliphatic carboxylic acids is 1. The number of likely N-dealkylation sites (N-methyl/N-ethyl adjacent to an activating group) is 1. The topological polar surface area (TPSA) is 107 Å². The molecule has 1 atom stereocenters. The van der Waals surface area contributed by atoms with E-state index in [0.717, 1.165) is 34.9 Å². The van der Waals surface area contributed by atoms with E-state index in [4.69, 9.17) is 5.11 Å². The molecule has 0 saturated carbocycles. The highest BCUT2D eigenvalue weighted by Gasteiger charge is 2.30. The van der Waals surface area contributed by atoms with Gasteiger partial charge in [0.2, 0.25) is 0 Å². The van der Waals surface area contributed by atoms with Crippen molar-refractivity contribution in [3.63, 3.8) is 0 Å². The Balaban J connectivity index is 1.35. The smallest absolute Gasteiger partial charge is 0.303 e. The largest absolute Gasteiger partial charge is 0.481 e. The van der Waals surface area contributed by atoms with Crippen molar-refractivity contribution in [3.8, 4) is 10.4 Å². The molecule has 0 fully saturated rings. The van der Waals surface area contributed by atoms with Crippen LogP contribution in [0.5, 0.6) is 0 Å². The van der Waals surface area contributed by atoms with Gasteiger partial charge in [0.05, 0.1) is 6.10 Å². The Labute approximate surface area is 239 Å². The van der Waals surface area contributed by atoms with Crippen LogP contribution >= 0.6 is 11.3 Å².